The fourth-order valence-corrected chi connectivity index (χ4v) is 4.87. The molecule has 2 heterocycles. The van der Waals surface area contributed by atoms with Crippen molar-refractivity contribution in [1.82, 2.24) is 14.9 Å². The summed E-state index contributed by atoms with van der Waals surface area (Å²) in [6, 6.07) is 3.70. The number of hydrogen-bond acceptors (Lipinski definition) is 5. The molecule has 0 unspecified atom stereocenters. The van der Waals surface area contributed by atoms with Gasteiger partial charge in [0.1, 0.15) is 5.82 Å². The second kappa shape index (κ2) is 8.47. The van der Waals surface area contributed by atoms with Gasteiger partial charge in [-0.2, -0.15) is 17.6 Å². The number of aliphatic hydroxyl groups is 1. The van der Waals surface area contributed by atoms with Gasteiger partial charge in [0, 0.05) is 11.8 Å². The normalized spacial score (nSPS) is 21.1. The molecule has 192 valence electrons. The summed E-state index contributed by atoms with van der Waals surface area (Å²) >= 11 is 0. The molecule has 1 amide bonds. The van der Waals surface area contributed by atoms with Crippen molar-refractivity contribution in [2.45, 2.75) is 43.5 Å². The number of fused-ring (bicyclic) bond motifs is 1. The molecule has 3 aromatic rings. The molecule has 1 aliphatic carbocycles. The van der Waals surface area contributed by atoms with Crippen molar-refractivity contribution in [3.05, 3.63) is 71.2 Å². The molecule has 4 N–H and O–H groups in total. The monoisotopic (exact) mass is 510 g/mol. The molecule has 0 saturated carbocycles. The molecule has 0 bridgehead atoms. The molecule has 2 atom stereocenters. The Balaban J connectivity index is 1.81. The molecule has 0 radical (unpaired) electrons. The minimum atomic E-state index is -5.15. The van der Waals surface area contributed by atoms with Crippen molar-refractivity contribution in [2.24, 2.45) is 0 Å². The molecule has 0 fully saturated rings. The van der Waals surface area contributed by atoms with Gasteiger partial charge < -0.3 is 25.5 Å². The number of pyridine rings is 1. The van der Waals surface area contributed by atoms with E-state index in [0.717, 1.165) is 24.4 Å². The van der Waals surface area contributed by atoms with Crippen LogP contribution in [0.25, 0.3) is 5.69 Å². The largest absolute Gasteiger partial charge is 0.493 e. The van der Waals surface area contributed by atoms with Crippen molar-refractivity contribution in [3.63, 3.8) is 0 Å². The van der Waals surface area contributed by atoms with Gasteiger partial charge in [0.2, 0.25) is 5.95 Å². The van der Waals surface area contributed by atoms with E-state index >= 15 is 0 Å². The maximum Gasteiger partial charge on any atom is 0.419 e. The van der Waals surface area contributed by atoms with Crippen molar-refractivity contribution in [1.29, 1.82) is 0 Å². The van der Waals surface area contributed by atoms with Crippen LogP contribution in [0.4, 0.5) is 27.8 Å². The summed E-state index contributed by atoms with van der Waals surface area (Å²) in [7, 11) is 1.18. The van der Waals surface area contributed by atoms with E-state index in [1.807, 2.05) is 0 Å². The summed E-state index contributed by atoms with van der Waals surface area (Å²) < 4.78 is 77.0. The second-order valence-corrected chi connectivity index (χ2v) is 9.26. The predicted octanol–water partition coefficient (Wildman–Crippen LogP) is 4.19. The van der Waals surface area contributed by atoms with Gasteiger partial charge in [-0.15, -0.1) is 0 Å². The van der Waals surface area contributed by atoms with Gasteiger partial charge in [0.15, 0.2) is 17.2 Å². The number of nitrogens with one attached hydrogen (secondary N) is 1. The Kier molecular flexibility index (Phi) is 5.98. The quantitative estimate of drug-likeness (QED) is 0.361. The lowest BCUT2D eigenvalue weighted by Crippen LogP contribution is -2.60. The van der Waals surface area contributed by atoms with Crippen molar-refractivity contribution >= 4 is 11.7 Å². The first-order valence-electron chi connectivity index (χ1n) is 10.8. The first-order valence-corrected chi connectivity index (χ1v) is 10.8. The molecule has 36 heavy (non-hydrogen) atoms. The van der Waals surface area contributed by atoms with E-state index in [1.54, 1.807) is 0 Å². The van der Waals surface area contributed by atoms with E-state index in [4.69, 9.17) is 10.5 Å². The maximum atomic E-state index is 14.5. The lowest BCUT2D eigenvalue weighted by Gasteiger charge is -2.48. The van der Waals surface area contributed by atoms with Crippen LogP contribution >= 0.6 is 0 Å². The van der Waals surface area contributed by atoms with Crippen LogP contribution in [-0.4, -0.2) is 39.5 Å². The molecule has 4 rings (SSSR count). The molecule has 0 spiro atoms. The van der Waals surface area contributed by atoms with E-state index in [2.05, 4.69) is 10.3 Å². The molecule has 0 saturated heterocycles. The molecule has 1 aromatic carbocycles. The van der Waals surface area contributed by atoms with Gasteiger partial charge in [-0.25, -0.2) is 9.37 Å². The number of alkyl halides is 3. The number of nitrogens with two attached hydrogens (primary N) is 1. The fraction of sp³-hybridized carbons (Fsp3) is 0.333. The van der Waals surface area contributed by atoms with Crippen LogP contribution in [0.3, 0.4) is 0 Å². The van der Waals surface area contributed by atoms with E-state index < -0.39 is 47.3 Å². The number of benzene rings is 1. The number of rotatable bonds is 4. The highest BCUT2D eigenvalue weighted by Crippen LogP contribution is 2.55. The third kappa shape index (κ3) is 3.94. The lowest BCUT2D eigenvalue weighted by atomic mass is 9.63. The second-order valence-electron chi connectivity index (χ2n) is 9.26. The van der Waals surface area contributed by atoms with Crippen LogP contribution in [0.2, 0.25) is 0 Å². The van der Waals surface area contributed by atoms with Gasteiger partial charge in [-0.1, -0.05) is 19.9 Å². The van der Waals surface area contributed by atoms with Crippen LogP contribution in [0.1, 0.15) is 47.8 Å². The molecular formula is C24H23F5N4O3. The minimum absolute atomic E-state index is 0.104. The number of carbonyl (C=O) groups excluding carboxylic acids is 1. The molecule has 12 heteroatoms. The lowest BCUT2D eigenvalue weighted by molar-refractivity contribution is -0.280. The topological polar surface area (TPSA) is 102 Å². The Hall–Kier alpha value is -3.67. The zero-order chi connectivity index (χ0) is 26.6. The minimum Gasteiger partial charge on any atom is -0.493 e. The maximum absolute atomic E-state index is 14.5. The van der Waals surface area contributed by atoms with Gasteiger partial charge >= 0.3 is 6.18 Å². The van der Waals surface area contributed by atoms with Crippen molar-refractivity contribution < 1.29 is 36.6 Å². The highest BCUT2D eigenvalue weighted by atomic mass is 19.4. The van der Waals surface area contributed by atoms with Crippen molar-refractivity contribution in [3.8, 4) is 11.4 Å². The number of carbonyl (C=O) groups is 1. The number of amides is 1. The van der Waals surface area contributed by atoms with Crippen LogP contribution in [0.15, 0.2) is 42.7 Å². The summed E-state index contributed by atoms with van der Waals surface area (Å²) in [5.74, 6) is -2.95. The average Bonchev–Trinajstić information content (AvgIpc) is 3.17. The highest BCUT2D eigenvalue weighted by molar-refractivity contribution is 5.99. The van der Waals surface area contributed by atoms with E-state index in [9.17, 15) is 31.9 Å². The average molecular weight is 510 g/mol. The number of anilines is 1. The van der Waals surface area contributed by atoms with E-state index in [-0.39, 0.29) is 28.3 Å². The van der Waals surface area contributed by atoms with Crippen LogP contribution in [0, 0.1) is 11.8 Å². The number of nitrogens with zero attached hydrogens (tertiary/aromatic N) is 2. The summed E-state index contributed by atoms with van der Waals surface area (Å²) in [5, 5.41) is 13.3. The predicted molar refractivity (Wildman–Crippen MR) is 120 cm³/mol. The molecule has 1 aliphatic rings. The Bertz CT molecular complexity index is 1320. The molecular weight excluding hydrogens is 487 g/mol. The van der Waals surface area contributed by atoms with Gasteiger partial charge in [-0.05, 0) is 41.7 Å². The summed E-state index contributed by atoms with van der Waals surface area (Å²) in [6.07, 6.45) is -3.50. The SMILES string of the molecule is COc1c(F)ccc2c1C(C)(C)C[C@](O)(C(F)(F)F)[C@H]2NC(=O)c1ccn(-c2ccc(F)nc2)c1N. The third-order valence-electron chi connectivity index (χ3n) is 6.45. The standard InChI is InChI=1S/C24H23F5N4O3/c1-22(2)11-23(35,24(27,28)29)19(13-5-6-15(25)18(36-3)17(13)22)32-21(34)14-8-9-33(20(14)30)12-4-7-16(26)31-10-12/h4-10,19,35H,11,30H2,1-3H3,(H,32,34)/t19-,23+/m0/s1. The number of methoxy groups -OCH3 is 1. The number of nitrogen functional groups attached to an aromatic ring is 1. The smallest absolute Gasteiger partial charge is 0.419 e. The Morgan fingerprint density at radius 2 is 1.92 bits per heavy atom. The number of hydrogen-bond donors (Lipinski definition) is 3. The number of halogens is 5. The highest BCUT2D eigenvalue weighted by Gasteiger charge is 2.64. The summed E-state index contributed by atoms with van der Waals surface area (Å²) in [5.41, 5.74) is 1.39. The fourth-order valence-electron chi connectivity index (χ4n) is 4.87. The zero-order valence-electron chi connectivity index (χ0n) is 19.5. The third-order valence-corrected chi connectivity index (χ3v) is 6.45. The summed E-state index contributed by atoms with van der Waals surface area (Å²) in [6.45, 7) is 2.86. The van der Waals surface area contributed by atoms with Crippen LogP contribution < -0.4 is 15.8 Å². The van der Waals surface area contributed by atoms with Crippen molar-refractivity contribution in [2.75, 3.05) is 12.8 Å². The number of aromatic nitrogens is 2. The summed E-state index contributed by atoms with van der Waals surface area (Å²) in [4.78, 5) is 16.7. The molecule has 0 aliphatic heterocycles. The molecule has 7 nitrogen and oxygen atoms in total. The first kappa shape index (κ1) is 25.4. The zero-order valence-corrected chi connectivity index (χ0v) is 19.5. The number of ether oxygens (including phenoxy) is 1. The molecule has 2 aromatic heterocycles. The van der Waals surface area contributed by atoms with Gasteiger partial charge in [0.25, 0.3) is 5.91 Å². The van der Waals surface area contributed by atoms with Crippen LogP contribution in [-0.2, 0) is 5.41 Å². The Morgan fingerprint density at radius 1 is 1.22 bits per heavy atom. The van der Waals surface area contributed by atoms with Gasteiger partial charge in [0.05, 0.1) is 30.6 Å². The van der Waals surface area contributed by atoms with E-state index in [1.165, 1.54) is 43.9 Å². The van der Waals surface area contributed by atoms with E-state index in [0.29, 0.717) is 5.69 Å². The Labute approximate surface area is 202 Å². The first-order chi connectivity index (χ1) is 16.7. The van der Waals surface area contributed by atoms with Gasteiger partial charge in [-0.3, -0.25) is 4.79 Å². The van der Waals surface area contributed by atoms with Crippen LogP contribution in [0.5, 0.6) is 5.75 Å². The Morgan fingerprint density at radius 3 is 2.50 bits per heavy atom.